The Balaban J connectivity index is 2.22. The van der Waals surface area contributed by atoms with E-state index in [-0.39, 0.29) is 0 Å². The molecule has 0 fully saturated rings. The van der Waals surface area contributed by atoms with Crippen LogP contribution in [0, 0.1) is 6.92 Å². The Morgan fingerprint density at radius 1 is 1.42 bits per heavy atom. The van der Waals surface area contributed by atoms with Crippen LogP contribution in [0.2, 0.25) is 0 Å². The maximum Gasteiger partial charge on any atom is 0.105 e. The van der Waals surface area contributed by atoms with Crippen LogP contribution in [0.5, 0.6) is 0 Å². The van der Waals surface area contributed by atoms with E-state index in [2.05, 4.69) is 20.8 Å². The second kappa shape index (κ2) is 5.75. The number of nitrogens with zero attached hydrogens (tertiary/aromatic N) is 1. The van der Waals surface area contributed by atoms with Gasteiger partial charge in [-0.25, -0.2) is 0 Å². The molecule has 19 heavy (non-hydrogen) atoms. The number of anilines is 1. The van der Waals surface area contributed by atoms with Gasteiger partial charge in [-0.15, -0.1) is 0 Å². The van der Waals surface area contributed by atoms with Crippen LogP contribution < -0.4 is 10.6 Å². The van der Waals surface area contributed by atoms with Crippen molar-refractivity contribution in [2.45, 2.75) is 13.5 Å². The maximum absolute atomic E-state index is 5.62. The monoisotopic (exact) mass is 338 g/mol. The molecule has 5 heteroatoms. The van der Waals surface area contributed by atoms with E-state index in [1.807, 2.05) is 38.2 Å². The van der Waals surface area contributed by atoms with Crippen molar-refractivity contribution < 1.29 is 4.42 Å². The number of halogens is 1. The summed E-state index contributed by atoms with van der Waals surface area (Å²) in [6.45, 7) is 2.75. The van der Waals surface area contributed by atoms with E-state index in [9.17, 15) is 0 Å². The number of aryl methyl sites for hydroxylation is 1. The number of hydrogen-bond acceptors (Lipinski definition) is 3. The van der Waals surface area contributed by atoms with Gasteiger partial charge in [0.1, 0.15) is 10.7 Å². The number of hydrogen-bond donors (Lipinski definition) is 1. The number of thiocarbonyl (C=S) groups is 1. The second-order valence-electron chi connectivity index (χ2n) is 4.39. The largest absolute Gasteiger partial charge is 0.469 e. The molecule has 0 bridgehead atoms. The number of benzene rings is 1. The summed E-state index contributed by atoms with van der Waals surface area (Å²) < 4.78 is 6.28. The van der Waals surface area contributed by atoms with Crippen molar-refractivity contribution in [1.82, 2.24) is 0 Å². The summed E-state index contributed by atoms with van der Waals surface area (Å²) in [6, 6.07) is 7.87. The highest BCUT2D eigenvalue weighted by molar-refractivity contribution is 9.10. The third-order valence-corrected chi connectivity index (χ3v) is 3.89. The Bertz CT molecular complexity index is 609. The molecular formula is C14H15BrN2OS. The van der Waals surface area contributed by atoms with E-state index in [1.165, 1.54) is 5.56 Å². The zero-order valence-electron chi connectivity index (χ0n) is 10.8. The smallest absolute Gasteiger partial charge is 0.105 e. The minimum Gasteiger partial charge on any atom is -0.469 e. The predicted molar refractivity (Wildman–Crippen MR) is 85.6 cm³/mol. The van der Waals surface area contributed by atoms with Gasteiger partial charge < -0.3 is 15.1 Å². The van der Waals surface area contributed by atoms with Crippen LogP contribution >= 0.6 is 28.1 Å². The average molecular weight is 339 g/mol. The van der Waals surface area contributed by atoms with E-state index >= 15 is 0 Å². The van der Waals surface area contributed by atoms with Gasteiger partial charge in [-0.1, -0.05) is 12.2 Å². The minimum absolute atomic E-state index is 0.403. The van der Waals surface area contributed by atoms with Crippen LogP contribution in [0.3, 0.4) is 0 Å². The van der Waals surface area contributed by atoms with Gasteiger partial charge in [-0.2, -0.15) is 0 Å². The highest BCUT2D eigenvalue weighted by Crippen LogP contribution is 2.28. The third kappa shape index (κ3) is 3.16. The second-order valence-corrected chi connectivity index (χ2v) is 5.68. The maximum atomic E-state index is 5.62. The van der Waals surface area contributed by atoms with Crippen molar-refractivity contribution in [3.8, 4) is 0 Å². The molecule has 3 nitrogen and oxygen atoms in total. The van der Waals surface area contributed by atoms with Crippen molar-refractivity contribution >= 4 is 38.8 Å². The SMILES string of the molecule is Cc1occc1CN(C)c1ccc(C(N)=S)cc1Br. The molecule has 0 saturated heterocycles. The molecule has 0 aliphatic rings. The van der Waals surface area contributed by atoms with E-state index in [0.29, 0.717) is 4.99 Å². The van der Waals surface area contributed by atoms with Gasteiger partial charge in [-0.3, -0.25) is 0 Å². The summed E-state index contributed by atoms with van der Waals surface area (Å²) in [5.74, 6) is 0.947. The first-order chi connectivity index (χ1) is 8.99. The fraction of sp³-hybridized carbons (Fsp3) is 0.214. The van der Waals surface area contributed by atoms with Gasteiger partial charge in [0, 0.05) is 29.2 Å². The van der Waals surface area contributed by atoms with Gasteiger partial charge in [0.25, 0.3) is 0 Å². The van der Waals surface area contributed by atoms with Gasteiger partial charge in [0.05, 0.1) is 12.0 Å². The molecule has 0 unspecified atom stereocenters. The number of nitrogens with two attached hydrogens (primary N) is 1. The lowest BCUT2D eigenvalue weighted by Gasteiger charge is -2.21. The first kappa shape index (κ1) is 14.1. The molecule has 0 spiro atoms. The molecule has 0 aliphatic heterocycles. The highest BCUT2D eigenvalue weighted by atomic mass is 79.9. The lowest BCUT2D eigenvalue weighted by molar-refractivity contribution is 0.529. The summed E-state index contributed by atoms with van der Waals surface area (Å²) in [4.78, 5) is 2.55. The van der Waals surface area contributed by atoms with Crippen LogP contribution in [0.25, 0.3) is 0 Å². The number of rotatable bonds is 4. The Kier molecular flexibility index (Phi) is 4.27. The topological polar surface area (TPSA) is 42.4 Å². The van der Waals surface area contributed by atoms with Gasteiger partial charge in [0.15, 0.2) is 0 Å². The van der Waals surface area contributed by atoms with Gasteiger partial charge >= 0.3 is 0 Å². The summed E-state index contributed by atoms with van der Waals surface area (Å²) >= 11 is 8.53. The molecule has 0 amide bonds. The molecule has 2 aromatic rings. The molecule has 1 heterocycles. The molecule has 0 aliphatic carbocycles. The molecule has 0 atom stereocenters. The first-order valence-electron chi connectivity index (χ1n) is 5.82. The summed E-state index contributed by atoms with van der Waals surface area (Å²) in [5, 5.41) is 0. The van der Waals surface area contributed by atoms with E-state index in [4.69, 9.17) is 22.4 Å². The molecule has 2 N–H and O–H groups in total. The Labute approximate surface area is 126 Å². The van der Waals surface area contributed by atoms with Gasteiger partial charge in [-0.05, 0) is 47.1 Å². The predicted octanol–water partition coefficient (Wildman–Crippen LogP) is 3.62. The van der Waals surface area contributed by atoms with Crippen molar-refractivity contribution in [1.29, 1.82) is 0 Å². The lowest BCUT2D eigenvalue weighted by Crippen LogP contribution is -2.17. The standard InChI is InChI=1S/C14H15BrN2OS/c1-9-11(5-6-18-9)8-17(2)13-4-3-10(14(16)19)7-12(13)15/h3-7H,8H2,1-2H3,(H2,16,19). The van der Waals surface area contributed by atoms with Crippen LogP contribution in [-0.4, -0.2) is 12.0 Å². The summed E-state index contributed by atoms with van der Waals surface area (Å²) in [6.07, 6.45) is 1.71. The normalized spacial score (nSPS) is 10.5. The van der Waals surface area contributed by atoms with Crippen molar-refractivity contribution in [3.05, 3.63) is 51.9 Å². The summed E-state index contributed by atoms with van der Waals surface area (Å²) in [5.41, 5.74) is 8.74. The lowest BCUT2D eigenvalue weighted by atomic mass is 10.2. The van der Waals surface area contributed by atoms with E-state index in [0.717, 1.165) is 28.0 Å². The fourth-order valence-electron chi connectivity index (χ4n) is 1.89. The third-order valence-electron chi connectivity index (χ3n) is 3.02. The Hall–Kier alpha value is -1.33. The van der Waals surface area contributed by atoms with Crippen LogP contribution in [-0.2, 0) is 6.54 Å². The van der Waals surface area contributed by atoms with Crippen LogP contribution in [0.1, 0.15) is 16.9 Å². The molecule has 100 valence electrons. The Morgan fingerprint density at radius 3 is 2.68 bits per heavy atom. The number of furan rings is 1. The summed E-state index contributed by atoms with van der Waals surface area (Å²) in [7, 11) is 2.03. The van der Waals surface area contributed by atoms with Crippen molar-refractivity contribution in [2.75, 3.05) is 11.9 Å². The van der Waals surface area contributed by atoms with E-state index in [1.54, 1.807) is 6.26 Å². The zero-order valence-corrected chi connectivity index (χ0v) is 13.2. The van der Waals surface area contributed by atoms with E-state index < -0.39 is 0 Å². The quantitative estimate of drug-likeness (QED) is 0.864. The molecule has 1 aromatic carbocycles. The first-order valence-corrected chi connectivity index (χ1v) is 7.02. The molecule has 1 aromatic heterocycles. The van der Waals surface area contributed by atoms with Crippen molar-refractivity contribution in [3.63, 3.8) is 0 Å². The minimum atomic E-state index is 0.403. The fourth-order valence-corrected chi connectivity index (χ4v) is 2.69. The highest BCUT2D eigenvalue weighted by Gasteiger charge is 2.10. The molecule has 0 saturated carbocycles. The molecule has 0 radical (unpaired) electrons. The molecular weight excluding hydrogens is 324 g/mol. The Morgan fingerprint density at radius 2 is 2.16 bits per heavy atom. The van der Waals surface area contributed by atoms with Crippen molar-refractivity contribution in [2.24, 2.45) is 5.73 Å². The van der Waals surface area contributed by atoms with Crippen LogP contribution in [0.4, 0.5) is 5.69 Å². The van der Waals surface area contributed by atoms with Gasteiger partial charge in [0.2, 0.25) is 0 Å². The molecule has 2 rings (SSSR count). The average Bonchev–Trinajstić information content (AvgIpc) is 2.74. The van der Waals surface area contributed by atoms with Crippen LogP contribution in [0.15, 0.2) is 39.4 Å². The zero-order chi connectivity index (χ0) is 14.0.